The molecule has 0 amide bonds. The second-order valence-electron chi connectivity index (χ2n) is 5.97. The Labute approximate surface area is 153 Å². The molecule has 0 fully saturated rings. The van der Waals surface area contributed by atoms with Crippen LogP contribution in [0.5, 0.6) is 5.75 Å². The van der Waals surface area contributed by atoms with Crippen molar-refractivity contribution in [1.29, 1.82) is 0 Å². The lowest BCUT2D eigenvalue weighted by Crippen LogP contribution is -2.36. The average molecular weight is 359 g/mol. The smallest absolute Gasteiger partial charge is 0.320 e. The van der Waals surface area contributed by atoms with E-state index in [1.165, 1.54) is 5.56 Å². The van der Waals surface area contributed by atoms with Gasteiger partial charge in [0.15, 0.2) is 0 Å². The Kier molecular flexibility index (Phi) is 7.82. The number of aryl methyl sites for hydroxylation is 1. The highest BCUT2D eigenvalue weighted by Gasteiger charge is 2.15. The molecule has 4 nitrogen and oxygen atoms in total. The fraction of sp³-hybridized carbons (Fsp3) is 0.350. The predicted molar refractivity (Wildman–Crippen MR) is 103 cm³/mol. The van der Waals surface area contributed by atoms with Crippen molar-refractivity contribution >= 4 is 17.7 Å². The van der Waals surface area contributed by atoms with Crippen molar-refractivity contribution in [2.45, 2.75) is 32.5 Å². The van der Waals surface area contributed by atoms with Crippen molar-refractivity contribution in [3.05, 3.63) is 65.2 Å². The molecule has 0 aliphatic rings. The van der Waals surface area contributed by atoms with Crippen LogP contribution >= 0.6 is 11.8 Å². The van der Waals surface area contributed by atoms with Crippen molar-refractivity contribution in [3.8, 4) is 5.75 Å². The van der Waals surface area contributed by atoms with Gasteiger partial charge < -0.3 is 15.2 Å². The minimum atomic E-state index is -0.805. The highest BCUT2D eigenvalue weighted by Crippen LogP contribution is 2.16. The first-order valence-corrected chi connectivity index (χ1v) is 9.70. The van der Waals surface area contributed by atoms with Crippen LogP contribution < -0.4 is 10.1 Å². The number of aliphatic carboxylic acids is 1. The zero-order valence-electron chi connectivity index (χ0n) is 14.7. The Morgan fingerprint density at radius 2 is 1.96 bits per heavy atom. The van der Waals surface area contributed by atoms with Gasteiger partial charge in [-0.15, -0.1) is 0 Å². The van der Waals surface area contributed by atoms with Gasteiger partial charge in [-0.05, 0) is 48.6 Å². The van der Waals surface area contributed by atoms with Gasteiger partial charge in [-0.25, -0.2) is 0 Å². The molecule has 0 aromatic heterocycles. The standard InChI is InChI=1S/C20H25NO3S/c1-15-6-8-16(9-7-15)14-24-18-5-3-4-17(12-18)13-21-19(20(22)23)10-11-25-2/h3-9,12,19,21H,10-11,13-14H2,1-2H3,(H,22,23). The van der Waals surface area contributed by atoms with Crippen molar-refractivity contribution < 1.29 is 14.6 Å². The van der Waals surface area contributed by atoms with E-state index in [-0.39, 0.29) is 0 Å². The quantitative estimate of drug-likeness (QED) is 0.674. The second kappa shape index (κ2) is 10.1. The first kappa shape index (κ1) is 19.3. The summed E-state index contributed by atoms with van der Waals surface area (Å²) in [4.78, 5) is 11.3. The van der Waals surface area contributed by atoms with E-state index in [9.17, 15) is 9.90 Å². The average Bonchev–Trinajstić information content (AvgIpc) is 2.61. The summed E-state index contributed by atoms with van der Waals surface area (Å²) in [6, 6.07) is 15.5. The Bertz CT molecular complexity index is 673. The second-order valence-corrected chi connectivity index (χ2v) is 6.96. The van der Waals surface area contributed by atoms with Crippen LogP contribution in [-0.4, -0.2) is 29.1 Å². The number of carbonyl (C=O) groups is 1. The van der Waals surface area contributed by atoms with Gasteiger partial charge in [-0.1, -0.05) is 42.0 Å². The number of thioether (sulfide) groups is 1. The molecule has 1 atom stereocenters. The van der Waals surface area contributed by atoms with E-state index >= 15 is 0 Å². The van der Waals surface area contributed by atoms with Crippen molar-refractivity contribution in [1.82, 2.24) is 5.32 Å². The molecule has 0 saturated carbocycles. The number of benzene rings is 2. The lowest BCUT2D eigenvalue weighted by Gasteiger charge is -2.14. The number of rotatable bonds is 10. The minimum absolute atomic E-state index is 0.507. The van der Waals surface area contributed by atoms with Gasteiger partial charge in [0, 0.05) is 6.54 Å². The van der Waals surface area contributed by atoms with E-state index in [2.05, 4.69) is 36.5 Å². The molecular formula is C20H25NO3S. The van der Waals surface area contributed by atoms with Gasteiger partial charge >= 0.3 is 5.97 Å². The molecule has 5 heteroatoms. The molecular weight excluding hydrogens is 334 g/mol. The third kappa shape index (κ3) is 6.80. The van der Waals surface area contributed by atoms with Gasteiger partial charge in [0.1, 0.15) is 18.4 Å². The zero-order valence-corrected chi connectivity index (χ0v) is 15.5. The van der Waals surface area contributed by atoms with Crippen LogP contribution in [0.3, 0.4) is 0 Å². The molecule has 0 heterocycles. The lowest BCUT2D eigenvalue weighted by atomic mass is 10.1. The normalized spacial score (nSPS) is 11.9. The summed E-state index contributed by atoms with van der Waals surface area (Å²) in [5.74, 6) is 0.806. The number of carboxylic acids is 1. The Morgan fingerprint density at radius 1 is 1.20 bits per heavy atom. The third-order valence-corrected chi connectivity index (χ3v) is 4.53. The fourth-order valence-corrected chi connectivity index (χ4v) is 2.86. The number of nitrogens with one attached hydrogen (secondary N) is 1. The molecule has 2 N–H and O–H groups in total. The summed E-state index contributed by atoms with van der Waals surface area (Å²) in [6.07, 6.45) is 2.59. The lowest BCUT2D eigenvalue weighted by molar-refractivity contribution is -0.139. The summed E-state index contributed by atoms with van der Waals surface area (Å²) in [5.41, 5.74) is 3.36. The zero-order chi connectivity index (χ0) is 18.1. The van der Waals surface area contributed by atoms with Gasteiger partial charge in [-0.2, -0.15) is 11.8 Å². The SMILES string of the molecule is CSCCC(NCc1cccc(OCc2ccc(C)cc2)c1)C(=O)O. The van der Waals surface area contributed by atoms with Crippen LogP contribution in [0.1, 0.15) is 23.1 Å². The van der Waals surface area contributed by atoms with Crippen LogP contribution in [0.25, 0.3) is 0 Å². The first-order valence-electron chi connectivity index (χ1n) is 8.31. The number of hydrogen-bond donors (Lipinski definition) is 2. The highest BCUT2D eigenvalue weighted by molar-refractivity contribution is 7.98. The van der Waals surface area contributed by atoms with Gasteiger partial charge in [0.2, 0.25) is 0 Å². The largest absolute Gasteiger partial charge is 0.489 e. The first-order chi connectivity index (χ1) is 12.1. The molecule has 1 unspecified atom stereocenters. The molecule has 2 aromatic carbocycles. The summed E-state index contributed by atoms with van der Waals surface area (Å²) >= 11 is 1.65. The van der Waals surface area contributed by atoms with Gasteiger partial charge in [-0.3, -0.25) is 4.79 Å². The summed E-state index contributed by atoms with van der Waals surface area (Å²) < 4.78 is 5.84. The minimum Gasteiger partial charge on any atom is -0.489 e. The molecule has 2 aromatic rings. The fourth-order valence-electron chi connectivity index (χ4n) is 2.39. The molecule has 25 heavy (non-hydrogen) atoms. The highest BCUT2D eigenvalue weighted by atomic mass is 32.2. The number of ether oxygens (including phenoxy) is 1. The van der Waals surface area contributed by atoms with E-state index < -0.39 is 12.0 Å². The Morgan fingerprint density at radius 3 is 2.64 bits per heavy atom. The van der Waals surface area contributed by atoms with Crippen molar-refractivity contribution in [3.63, 3.8) is 0 Å². The van der Waals surface area contributed by atoms with Crippen LogP contribution in [0.4, 0.5) is 0 Å². The summed E-state index contributed by atoms with van der Waals surface area (Å²) in [6.45, 7) is 3.08. The number of carboxylic acid groups (broad SMARTS) is 1. The van der Waals surface area contributed by atoms with E-state index in [1.54, 1.807) is 11.8 Å². The summed E-state index contributed by atoms with van der Waals surface area (Å²) in [5, 5.41) is 12.4. The molecule has 2 rings (SSSR count). The molecule has 0 saturated heterocycles. The molecule has 0 aliphatic carbocycles. The third-order valence-electron chi connectivity index (χ3n) is 3.89. The predicted octanol–water partition coefficient (Wildman–Crippen LogP) is 3.87. The molecule has 0 aliphatic heterocycles. The maximum Gasteiger partial charge on any atom is 0.320 e. The van der Waals surface area contributed by atoms with E-state index in [0.717, 1.165) is 22.6 Å². The van der Waals surface area contributed by atoms with Crippen LogP contribution in [0, 0.1) is 6.92 Å². The van der Waals surface area contributed by atoms with Crippen molar-refractivity contribution in [2.24, 2.45) is 0 Å². The maximum absolute atomic E-state index is 11.3. The Balaban J connectivity index is 1.89. The van der Waals surface area contributed by atoms with Gasteiger partial charge in [0.25, 0.3) is 0 Å². The van der Waals surface area contributed by atoms with Crippen LogP contribution in [-0.2, 0) is 17.9 Å². The van der Waals surface area contributed by atoms with E-state index in [4.69, 9.17) is 4.74 Å². The van der Waals surface area contributed by atoms with Crippen molar-refractivity contribution in [2.75, 3.05) is 12.0 Å². The summed E-state index contributed by atoms with van der Waals surface area (Å²) in [7, 11) is 0. The van der Waals surface area contributed by atoms with E-state index in [1.807, 2.05) is 30.5 Å². The molecule has 0 radical (unpaired) electrons. The molecule has 0 bridgehead atoms. The molecule has 134 valence electrons. The topological polar surface area (TPSA) is 58.6 Å². The molecule has 0 spiro atoms. The Hall–Kier alpha value is -1.98. The maximum atomic E-state index is 11.3. The van der Waals surface area contributed by atoms with Gasteiger partial charge in [0.05, 0.1) is 0 Å². The monoisotopic (exact) mass is 359 g/mol. The van der Waals surface area contributed by atoms with E-state index in [0.29, 0.717) is 19.6 Å². The van der Waals surface area contributed by atoms with Crippen LogP contribution in [0.15, 0.2) is 48.5 Å². The van der Waals surface area contributed by atoms with Crippen LogP contribution in [0.2, 0.25) is 0 Å². The number of hydrogen-bond acceptors (Lipinski definition) is 4.